The molecule has 6 nitrogen and oxygen atoms in total. The van der Waals surface area contributed by atoms with Crippen LogP contribution in [-0.2, 0) is 0 Å². The second-order valence-electron chi connectivity index (χ2n) is 7.36. The highest BCUT2D eigenvalue weighted by molar-refractivity contribution is 5.82. The summed E-state index contributed by atoms with van der Waals surface area (Å²) in [7, 11) is 0. The first-order valence-electron chi connectivity index (χ1n) is 10.8. The predicted octanol–water partition coefficient (Wildman–Crippen LogP) is 6.10. The fourth-order valence-electron chi connectivity index (χ4n) is 3.27. The van der Waals surface area contributed by atoms with Crippen LogP contribution in [0.1, 0.15) is 11.4 Å². The summed E-state index contributed by atoms with van der Waals surface area (Å²) in [6.07, 6.45) is 7.01. The first-order valence-corrected chi connectivity index (χ1v) is 10.8. The lowest BCUT2D eigenvalue weighted by molar-refractivity contribution is 1.23. The molecule has 0 atom stereocenters. The van der Waals surface area contributed by atoms with Gasteiger partial charge in [0.2, 0.25) is 0 Å². The fourth-order valence-corrected chi connectivity index (χ4v) is 3.27. The van der Waals surface area contributed by atoms with E-state index in [1.807, 2.05) is 97.1 Å². The van der Waals surface area contributed by atoms with E-state index in [9.17, 15) is 0 Å². The molecule has 0 aliphatic heterocycles. The standard InChI is InChI=1S/C28H20N6/c1-3-17-29-25(9-1)27-11-5-7-23(33-27)19-31-21-13-15-22(16-14-21)32-20-24-8-6-12-28(34-24)26-10-2-4-18-30-26/h1-20H. The molecule has 0 unspecified atom stereocenters. The molecule has 4 aromatic heterocycles. The zero-order chi connectivity index (χ0) is 23.0. The number of rotatable bonds is 6. The molecular weight excluding hydrogens is 420 g/mol. The minimum atomic E-state index is 0.768. The second-order valence-corrected chi connectivity index (χ2v) is 7.36. The van der Waals surface area contributed by atoms with Gasteiger partial charge in [0.1, 0.15) is 0 Å². The number of nitrogens with zero attached hydrogens (tertiary/aromatic N) is 6. The van der Waals surface area contributed by atoms with Crippen molar-refractivity contribution in [3.63, 3.8) is 0 Å². The molecule has 0 radical (unpaired) electrons. The van der Waals surface area contributed by atoms with Crippen LogP contribution < -0.4 is 0 Å². The average molecular weight is 441 g/mol. The number of pyridine rings is 4. The summed E-state index contributed by atoms with van der Waals surface area (Å²) in [5.41, 5.74) is 6.47. The van der Waals surface area contributed by atoms with Crippen molar-refractivity contribution in [3.05, 3.63) is 121 Å². The lowest BCUT2D eigenvalue weighted by Crippen LogP contribution is -1.92. The van der Waals surface area contributed by atoms with Gasteiger partial charge in [0, 0.05) is 12.4 Å². The highest BCUT2D eigenvalue weighted by Crippen LogP contribution is 2.19. The maximum Gasteiger partial charge on any atom is 0.0894 e. The third kappa shape index (κ3) is 5.31. The van der Waals surface area contributed by atoms with Crippen LogP contribution >= 0.6 is 0 Å². The van der Waals surface area contributed by atoms with E-state index in [4.69, 9.17) is 0 Å². The van der Waals surface area contributed by atoms with Gasteiger partial charge in [-0.2, -0.15) is 0 Å². The Morgan fingerprint density at radius 2 is 0.882 bits per heavy atom. The third-order valence-electron chi connectivity index (χ3n) is 4.94. The molecule has 0 fully saturated rings. The molecule has 34 heavy (non-hydrogen) atoms. The quantitative estimate of drug-likeness (QED) is 0.299. The van der Waals surface area contributed by atoms with Crippen LogP contribution in [0.5, 0.6) is 0 Å². The third-order valence-corrected chi connectivity index (χ3v) is 4.94. The minimum Gasteiger partial charge on any atom is -0.255 e. The van der Waals surface area contributed by atoms with Crippen molar-refractivity contribution in [1.29, 1.82) is 0 Å². The van der Waals surface area contributed by atoms with Gasteiger partial charge < -0.3 is 0 Å². The van der Waals surface area contributed by atoms with Crippen molar-refractivity contribution < 1.29 is 0 Å². The van der Waals surface area contributed by atoms with Crippen LogP contribution in [0.25, 0.3) is 22.8 Å². The van der Waals surface area contributed by atoms with Crippen LogP contribution in [0.2, 0.25) is 0 Å². The number of benzene rings is 1. The number of aromatic nitrogens is 4. The normalized spacial score (nSPS) is 11.3. The van der Waals surface area contributed by atoms with Gasteiger partial charge in [-0.05, 0) is 72.8 Å². The summed E-state index contributed by atoms with van der Waals surface area (Å²) in [4.78, 5) is 27.0. The van der Waals surface area contributed by atoms with Gasteiger partial charge in [-0.3, -0.25) is 20.0 Å². The van der Waals surface area contributed by atoms with Gasteiger partial charge in [0.05, 0.1) is 58.0 Å². The highest BCUT2D eigenvalue weighted by atomic mass is 14.8. The van der Waals surface area contributed by atoms with Crippen LogP contribution in [-0.4, -0.2) is 32.4 Å². The van der Waals surface area contributed by atoms with Crippen molar-refractivity contribution >= 4 is 23.8 Å². The molecule has 0 aliphatic rings. The van der Waals surface area contributed by atoms with Gasteiger partial charge in [-0.25, -0.2) is 9.97 Å². The molecule has 1 aromatic carbocycles. The van der Waals surface area contributed by atoms with Gasteiger partial charge in [0.25, 0.3) is 0 Å². The number of hydrogen-bond donors (Lipinski definition) is 0. The summed E-state index contributed by atoms with van der Waals surface area (Å²) < 4.78 is 0. The maximum absolute atomic E-state index is 4.62. The van der Waals surface area contributed by atoms with E-state index >= 15 is 0 Å². The van der Waals surface area contributed by atoms with Crippen LogP contribution in [0, 0.1) is 0 Å². The molecular formula is C28H20N6. The van der Waals surface area contributed by atoms with Crippen LogP contribution in [0.15, 0.2) is 119 Å². The van der Waals surface area contributed by atoms with Gasteiger partial charge >= 0.3 is 0 Å². The summed E-state index contributed by atoms with van der Waals surface area (Å²) in [6, 6.07) is 30.8. The first kappa shape index (κ1) is 21.0. The van der Waals surface area contributed by atoms with Gasteiger partial charge in [-0.15, -0.1) is 0 Å². The van der Waals surface area contributed by atoms with E-state index in [0.717, 1.165) is 45.5 Å². The van der Waals surface area contributed by atoms with Crippen molar-refractivity contribution in [2.24, 2.45) is 9.98 Å². The monoisotopic (exact) mass is 440 g/mol. The first-order chi connectivity index (χ1) is 16.8. The largest absolute Gasteiger partial charge is 0.255 e. The van der Waals surface area contributed by atoms with Crippen molar-refractivity contribution in [1.82, 2.24) is 19.9 Å². The van der Waals surface area contributed by atoms with E-state index in [1.54, 1.807) is 24.8 Å². The smallest absolute Gasteiger partial charge is 0.0894 e. The lowest BCUT2D eigenvalue weighted by Gasteiger charge is -2.01. The average Bonchev–Trinajstić information content (AvgIpc) is 2.93. The van der Waals surface area contributed by atoms with E-state index < -0.39 is 0 Å². The van der Waals surface area contributed by atoms with Gasteiger partial charge in [0.15, 0.2) is 0 Å². The molecule has 5 rings (SSSR count). The summed E-state index contributed by atoms with van der Waals surface area (Å²) in [5, 5.41) is 0. The van der Waals surface area contributed by atoms with Gasteiger partial charge in [-0.1, -0.05) is 24.3 Å². The van der Waals surface area contributed by atoms with Crippen molar-refractivity contribution in [2.75, 3.05) is 0 Å². The molecule has 0 aliphatic carbocycles. The Kier molecular flexibility index (Phi) is 6.30. The number of hydrogen-bond acceptors (Lipinski definition) is 6. The van der Waals surface area contributed by atoms with Crippen LogP contribution in [0.3, 0.4) is 0 Å². The Morgan fingerprint density at radius 3 is 1.29 bits per heavy atom. The molecule has 6 heteroatoms. The van der Waals surface area contributed by atoms with E-state index in [2.05, 4.69) is 29.9 Å². The van der Waals surface area contributed by atoms with E-state index in [0.29, 0.717) is 0 Å². The lowest BCUT2D eigenvalue weighted by atomic mass is 10.2. The molecule has 0 saturated heterocycles. The molecule has 162 valence electrons. The minimum absolute atomic E-state index is 0.768. The Hall–Kier alpha value is -4.84. The predicted molar refractivity (Wildman–Crippen MR) is 136 cm³/mol. The molecule has 0 bridgehead atoms. The Balaban J connectivity index is 1.27. The number of aliphatic imine (C=N–C) groups is 2. The summed E-state index contributed by atoms with van der Waals surface area (Å²) >= 11 is 0. The van der Waals surface area contributed by atoms with E-state index in [1.165, 1.54) is 0 Å². The molecule has 0 saturated carbocycles. The molecule has 5 aromatic rings. The van der Waals surface area contributed by atoms with E-state index in [-0.39, 0.29) is 0 Å². The second kappa shape index (κ2) is 10.2. The Morgan fingerprint density at radius 1 is 0.441 bits per heavy atom. The van der Waals surface area contributed by atoms with Crippen molar-refractivity contribution in [3.8, 4) is 22.8 Å². The summed E-state index contributed by atoms with van der Waals surface area (Å²) in [6.45, 7) is 0. The SMILES string of the molecule is C(=Nc1ccc(N=Cc2cccc(-c3ccccn3)n2)cc1)c1cccc(-c2ccccn2)n1. The molecule has 0 N–H and O–H groups in total. The topological polar surface area (TPSA) is 76.3 Å². The molecule has 4 heterocycles. The highest BCUT2D eigenvalue weighted by Gasteiger charge is 2.02. The van der Waals surface area contributed by atoms with Crippen molar-refractivity contribution in [2.45, 2.75) is 0 Å². The maximum atomic E-state index is 4.62. The molecule has 0 amide bonds. The fraction of sp³-hybridized carbons (Fsp3) is 0. The zero-order valence-electron chi connectivity index (χ0n) is 18.2. The Bertz CT molecular complexity index is 1320. The summed E-state index contributed by atoms with van der Waals surface area (Å²) in [5.74, 6) is 0. The zero-order valence-corrected chi connectivity index (χ0v) is 18.2. The molecule has 0 spiro atoms. The Labute approximate surface area is 197 Å². The van der Waals surface area contributed by atoms with Crippen LogP contribution in [0.4, 0.5) is 11.4 Å².